The summed E-state index contributed by atoms with van der Waals surface area (Å²) in [6.45, 7) is 9.08. The molecule has 2 rings (SSSR count). The number of rotatable bonds is 4. The first kappa shape index (κ1) is 15.6. The second-order valence-electron chi connectivity index (χ2n) is 6.26. The Bertz CT molecular complexity index is 308. The molecule has 2 saturated heterocycles. The maximum Gasteiger partial charge on any atom is 0.409 e. The van der Waals surface area contributed by atoms with Gasteiger partial charge in [0.2, 0.25) is 0 Å². The summed E-state index contributed by atoms with van der Waals surface area (Å²) in [6.07, 6.45) is 4.16. The Kier molecular flexibility index (Phi) is 5.66. The fourth-order valence-corrected chi connectivity index (χ4v) is 2.91. The Balaban J connectivity index is 1.68. The van der Waals surface area contributed by atoms with E-state index in [1.807, 2.05) is 11.8 Å². The second kappa shape index (κ2) is 7.27. The van der Waals surface area contributed by atoms with E-state index in [-0.39, 0.29) is 6.09 Å². The van der Waals surface area contributed by atoms with E-state index in [2.05, 4.69) is 12.2 Å². The lowest BCUT2D eigenvalue weighted by molar-refractivity contribution is 0.0215. The van der Waals surface area contributed by atoms with Crippen molar-refractivity contribution in [1.29, 1.82) is 0 Å². The lowest BCUT2D eigenvalue weighted by atomic mass is 9.82. The summed E-state index contributed by atoms with van der Waals surface area (Å²) in [6, 6.07) is 0.528. The topological polar surface area (TPSA) is 50.8 Å². The van der Waals surface area contributed by atoms with E-state index in [1.54, 1.807) is 0 Å². The summed E-state index contributed by atoms with van der Waals surface area (Å²) in [5, 5.41) is 3.69. The van der Waals surface area contributed by atoms with Crippen LogP contribution in [0.1, 0.15) is 39.5 Å². The number of nitrogens with zero attached hydrogens (tertiary/aromatic N) is 1. The molecule has 2 heterocycles. The zero-order valence-electron chi connectivity index (χ0n) is 12.8. The van der Waals surface area contributed by atoms with Crippen LogP contribution in [0.4, 0.5) is 4.79 Å². The molecule has 2 fully saturated rings. The van der Waals surface area contributed by atoms with Crippen LogP contribution in [-0.2, 0) is 9.47 Å². The smallest absolute Gasteiger partial charge is 0.409 e. The van der Waals surface area contributed by atoms with Gasteiger partial charge in [0.25, 0.3) is 0 Å². The molecule has 0 radical (unpaired) electrons. The number of nitrogens with one attached hydrogen (secondary N) is 1. The fourth-order valence-electron chi connectivity index (χ4n) is 2.91. The van der Waals surface area contributed by atoms with Crippen LogP contribution in [0.25, 0.3) is 0 Å². The van der Waals surface area contributed by atoms with Crippen molar-refractivity contribution in [2.45, 2.75) is 45.6 Å². The third-order valence-corrected chi connectivity index (χ3v) is 4.54. The predicted molar refractivity (Wildman–Crippen MR) is 77.8 cm³/mol. The third-order valence-electron chi connectivity index (χ3n) is 4.54. The van der Waals surface area contributed by atoms with Gasteiger partial charge in [-0.15, -0.1) is 0 Å². The first-order chi connectivity index (χ1) is 9.63. The maximum atomic E-state index is 11.6. The summed E-state index contributed by atoms with van der Waals surface area (Å²) in [5.74, 6) is 0. The summed E-state index contributed by atoms with van der Waals surface area (Å²) in [4.78, 5) is 13.4. The summed E-state index contributed by atoms with van der Waals surface area (Å²) in [7, 11) is 0. The molecule has 0 spiro atoms. The van der Waals surface area contributed by atoms with Crippen molar-refractivity contribution in [1.82, 2.24) is 10.2 Å². The van der Waals surface area contributed by atoms with Gasteiger partial charge in [-0.2, -0.15) is 0 Å². The molecule has 116 valence electrons. The van der Waals surface area contributed by atoms with Crippen LogP contribution in [0, 0.1) is 5.41 Å². The van der Waals surface area contributed by atoms with E-state index in [4.69, 9.17) is 9.47 Å². The van der Waals surface area contributed by atoms with Crippen molar-refractivity contribution in [3.8, 4) is 0 Å². The predicted octanol–water partition coefficient (Wildman–Crippen LogP) is 2.01. The molecule has 5 nitrogen and oxygen atoms in total. The van der Waals surface area contributed by atoms with Crippen LogP contribution in [-0.4, -0.2) is 56.5 Å². The van der Waals surface area contributed by atoms with Crippen LogP contribution in [0.2, 0.25) is 0 Å². The molecule has 20 heavy (non-hydrogen) atoms. The Morgan fingerprint density at radius 1 is 1.35 bits per heavy atom. The minimum atomic E-state index is -0.164. The molecule has 5 heteroatoms. The molecule has 0 unspecified atom stereocenters. The third kappa shape index (κ3) is 4.35. The molecule has 0 aromatic carbocycles. The van der Waals surface area contributed by atoms with Crippen molar-refractivity contribution >= 4 is 6.09 Å². The first-order valence-corrected chi connectivity index (χ1v) is 7.86. The minimum Gasteiger partial charge on any atom is -0.450 e. The normalized spacial score (nSPS) is 23.6. The summed E-state index contributed by atoms with van der Waals surface area (Å²) >= 11 is 0. The monoisotopic (exact) mass is 284 g/mol. The van der Waals surface area contributed by atoms with Gasteiger partial charge in [-0.1, -0.05) is 6.92 Å². The maximum absolute atomic E-state index is 11.6. The Morgan fingerprint density at radius 2 is 2.00 bits per heavy atom. The molecule has 0 aliphatic carbocycles. The Morgan fingerprint density at radius 3 is 2.60 bits per heavy atom. The zero-order valence-corrected chi connectivity index (χ0v) is 12.8. The average Bonchev–Trinajstić information content (AvgIpc) is 2.47. The van der Waals surface area contributed by atoms with Crippen molar-refractivity contribution in [2.75, 3.05) is 39.5 Å². The molecule has 0 aromatic rings. The molecule has 0 aromatic heterocycles. The van der Waals surface area contributed by atoms with Gasteiger partial charge in [0.05, 0.1) is 6.61 Å². The SMILES string of the molecule is CCOC(=O)N1CCC(NCC2(C)CCOCC2)CC1. The number of carbonyl (C=O) groups excluding carboxylic acids is 1. The van der Waals surface area contributed by atoms with E-state index in [9.17, 15) is 4.79 Å². The lowest BCUT2D eigenvalue weighted by Crippen LogP contribution is -2.48. The molecular weight excluding hydrogens is 256 g/mol. The standard InChI is InChI=1S/C15H28N2O3/c1-3-20-14(18)17-8-4-13(5-9-17)16-12-15(2)6-10-19-11-7-15/h13,16H,3-12H2,1-2H3. The molecule has 1 N–H and O–H groups in total. The molecule has 0 atom stereocenters. The van der Waals surface area contributed by atoms with Crippen LogP contribution >= 0.6 is 0 Å². The molecule has 1 amide bonds. The highest BCUT2D eigenvalue weighted by Gasteiger charge is 2.29. The van der Waals surface area contributed by atoms with Crippen molar-refractivity contribution < 1.29 is 14.3 Å². The van der Waals surface area contributed by atoms with Gasteiger partial charge in [-0.3, -0.25) is 0 Å². The zero-order chi connectivity index (χ0) is 14.4. The largest absolute Gasteiger partial charge is 0.450 e. The van der Waals surface area contributed by atoms with Gasteiger partial charge in [0.15, 0.2) is 0 Å². The van der Waals surface area contributed by atoms with Gasteiger partial charge in [-0.25, -0.2) is 4.79 Å². The van der Waals surface area contributed by atoms with Crippen LogP contribution in [0.15, 0.2) is 0 Å². The van der Waals surface area contributed by atoms with Gasteiger partial charge < -0.3 is 19.7 Å². The van der Waals surface area contributed by atoms with Gasteiger partial charge in [0.1, 0.15) is 0 Å². The minimum absolute atomic E-state index is 0.164. The number of amides is 1. The number of ether oxygens (including phenoxy) is 2. The van der Waals surface area contributed by atoms with Crippen molar-refractivity contribution in [3.05, 3.63) is 0 Å². The highest BCUT2D eigenvalue weighted by molar-refractivity contribution is 5.67. The molecular formula is C15H28N2O3. The average molecular weight is 284 g/mol. The first-order valence-electron chi connectivity index (χ1n) is 7.86. The van der Waals surface area contributed by atoms with E-state index in [0.717, 1.165) is 58.5 Å². The number of hydrogen-bond acceptors (Lipinski definition) is 4. The number of likely N-dealkylation sites (tertiary alicyclic amines) is 1. The van der Waals surface area contributed by atoms with E-state index in [1.165, 1.54) is 0 Å². The lowest BCUT2D eigenvalue weighted by Gasteiger charge is -2.37. The van der Waals surface area contributed by atoms with E-state index in [0.29, 0.717) is 18.1 Å². The Labute approximate surface area is 122 Å². The summed E-state index contributed by atoms with van der Waals surface area (Å²) < 4.78 is 10.5. The van der Waals surface area contributed by atoms with Crippen LogP contribution in [0.3, 0.4) is 0 Å². The fraction of sp³-hybridized carbons (Fsp3) is 0.933. The van der Waals surface area contributed by atoms with Crippen LogP contribution < -0.4 is 5.32 Å². The molecule has 0 bridgehead atoms. The number of piperidine rings is 1. The van der Waals surface area contributed by atoms with Gasteiger partial charge in [-0.05, 0) is 38.0 Å². The number of hydrogen-bond donors (Lipinski definition) is 1. The van der Waals surface area contributed by atoms with E-state index < -0.39 is 0 Å². The van der Waals surface area contributed by atoms with Crippen molar-refractivity contribution in [3.63, 3.8) is 0 Å². The second-order valence-corrected chi connectivity index (χ2v) is 6.26. The highest BCUT2D eigenvalue weighted by atomic mass is 16.6. The van der Waals surface area contributed by atoms with Gasteiger partial charge >= 0.3 is 6.09 Å². The van der Waals surface area contributed by atoms with Crippen molar-refractivity contribution in [2.24, 2.45) is 5.41 Å². The molecule has 2 aliphatic heterocycles. The number of carbonyl (C=O) groups is 1. The quantitative estimate of drug-likeness (QED) is 0.858. The highest BCUT2D eigenvalue weighted by Crippen LogP contribution is 2.29. The van der Waals surface area contributed by atoms with Crippen LogP contribution in [0.5, 0.6) is 0 Å². The Hall–Kier alpha value is -0.810. The van der Waals surface area contributed by atoms with E-state index >= 15 is 0 Å². The summed E-state index contributed by atoms with van der Waals surface area (Å²) in [5.41, 5.74) is 0.372. The van der Waals surface area contributed by atoms with Gasteiger partial charge in [0, 0.05) is 38.9 Å². The molecule has 0 saturated carbocycles. The molecule has 2 aliphatic rings.